The molecule has 11 nitrogen and oxygen atoms in total. The lowest BCUT2D eigenvalue weighted by molar-refractivity contribution is -0.192. The Balaban J connectivity index is 0.000000821. The maximum Gasteiger partial charge on any atom is 0.490 e. The first-order valence-electron chi connectivity index (χ1n) is 12.9. The van der Waals surface area contributed by atoms with E-state index in [2.05, 4.69) is 16.2 Å². The molecular formula is C29H34F3N5O6. The second-order valence-electron chi connectivity index (χ2n) is 8.99. The molecule has 0 spiro atoms. The van der Waals surface area contributed by atoms with Crippen LogP contribution in [-0.2, 0) is 9.59 Å². The topological polar surface area (TPSA) is 168 Å². The van der Waals surface area contributed by atoms with Crippen LogP contribution in [0.1, 0.15) is 37.9 Å². The largest absolute Gasteiger partial charge is 0.495 e. The van der Waals surface area contributed by atoms with E-state index in [1.54, 1.807) is 55.6 Å². The highest BCUT2D eigenvalue weighted by Crippen LogP contribution is 2.33. The number of hydrogen-bond donors (Lipinski definition) is 6. The number of hydrazine groups is 1. The molecule has 0 aliphatic heterocycles. The van der Waals surface area contributed by atoms with Crippen molar-refractivity contribution in [2.75, 3.05) is 24.5 Å². The Morgan fingerprint density at radius 1 is 1.00 bits per heavy atom. The van der Waals surface area contributed by atoms with Gasteiger partial charge in [-0.2, -0.15) is 13.2 Å². The number of methoxy groups -OCH3 is 1. The number of aliphatic carboxylic acids is 1. The molecule has 0 heterocycles. The second-order valence-corrected chi connectivity index (χ2v) is 8.99. The number of hydrogen-bond acceptors (Lipinski definition) is 8. The van der Waals surface area contributed by atoms with Crippen molar-refractivity contribution < 1.29 is 42.1 Å². The molecule has 7 N–H and O–H groups in total. The molecule has 1 atom stereocenters. The van der Waals surface area contributed by atoms with Gasteiger partial charge in [0.2, 0.25) is 0 Å². The number of ether oxygens (including phenoxy) is 3. The van der Waals surface area contributed by atoms with Crippen molar-refractivity contribution in [1.29, 1.82) is 5.41 Å². The van der Waals surface area contributed by atoms with Crippen LogP contribution in [0.4, 0.5) is 24.5 Å². The molecular weight excluding hydrogens is 571 g/mol. The summed E-state index contributed by atoms with van der Waals surface area (Å²) in [5, 5.41) is 18.0. The number of nitrogen functional groups attached to an aromatic ring is 1. The van der Waals surface area contributed by atoms with E-state index in [0.717, 1.165) is 0 Å². The number of amides is 1. The maximum absolute atomic E-state index is 13.4. The summed E-state index contributed by atoms with van der Waals surface area (Å²) >= 11 is 0. The van der Waals surface area contributed by atoms with Gasteiger partial charge >= 0.3 is 12.1 Å². The fourth-order valence-corrected chi connectivity index (χ4v) is 3.49. The number of para-hydroxylation sites is 2. The van der Waals surface area contributed by atoms with Gasteiger partial charge in [0.25, 0.3) is 5.91 Å². The van der Waals surface area contributed by atoms with Crippen molar-refractivity contribution in [3.05, 3.63) is 77.9 Å². The predicted molar refractivity (Wildman–Crippen MR) is 156 cm³/mol. The van der Waals surface area contributed by atoms with Gasteiger partial charge in [0.05, 0.1) is 25.5 Å². The van der Waals surface area contributed by atoms with Gasteiger partial charge in [-0.05, 0) is 74.9 Å². The lowest BCUT2D eigenvalue weighted by Gasteiger charge is -2.23. The summed E-state index contributed by atoms with van der Waals surface area (Å²) in [6, 6.07) is 18.9. The Bertz CT molecular complexity index is 1380. The van der Waals surface area contributed by atoms with E-state index in [0.29, 0.717) is 46.4 Å². The Labute approximate surface area is 246 Å². The van der Waals surface area contributed by atoms with Gasteiger partial charge in [-0.1, -0.05) is 18.2 Å². The maximum atomic E-state index is 13.4. The number of carbonyl (C=O) groups is 2. The van der Waals surface area contributed by atoms with Gasteiger partial charge in [-0.15, -0.1) is 0 Å². The van der Waals surface area contributed by atoms with E-state index in [9.17, 15) is 18.0 Å². The zero-order valence-electron chi connectivity index (χ0n) is 23.9. The number of carboxylic acids is 1. The summed E-state index contributed by atoms with van der Waals surface area (Å²) in [7, 11) is 1.56. The minimum absolute atomic E-state index is 0.0288. The number of halogens is 3. The van der Waals surface area contributed by atoms with Crippen LogP contribution in [0.3, 0.4) is 0 Å². The van der Waals surface area contributed by atoms with Gasteiger partial charge in [-0.25, -0.2) is 4.79 Å². The molecule has 0 saturated carbocycles. The number of nitrogens with two attached hydrogens (primary N) is 1. The molecule has 232 valence electrons. The van der Waals surface area contributed by atoms with E-state index in [1.165, 1.54) is 0 Å². The quantitative estimate of drug-likeness (QED) is 0.0935. The summed E-state index contributed by atoms with van der Waals surface area (Å²) in [4.78, 5) is 22.3. The highest BCUT2D eigenvalue weighted by molar-refractivity contribution is 5.95. The van der Waals surface area contributed by atoms with Crippen LogP contribution in [0.2, 0.25) is 0 Å². The van der Waals surface area contributed by atoms with Gasteiger partial charge in [0.1, 0.15) is 17.6 Å². The van der Waals surface area contributed by atoms with Crippen LogP contribution in [0, 0.1) is 5.41 Å². The standard InChI is InChI=1S/C27H33N5O4.C2HF3O2/c1-5-35-24-16-19(12-15-23(24)36-17(2)3)25(30-20-13-10-18(11-14-20)26(28)29)27(33)32-31-21-8-6-7-9-22(21)34-4;3-2(4,5)1(6)7/h6-17,25,30-31H,5H2,1-4H3,(H3,28,29)(H,32,33);(H,6,7). The summed E-state index contributed by atoms with van der Waals surface area (Å²) in [6.07, 6.45) is -5.11. The van der Waals surface area contributed by atoms with Crippen molar-refractivity contribution in [2.24, 2.45) is 5.73 Å². The van der Waals surface area contributed by atoms with Gasteiger partial charge in [0.15, 0.2) is 11.5 Å². The van der Waals surface area contributed by atoms with Crippen molar-refractivity contribution in [1.82, 2.24) is 5.43 Å². The fourth-order valence-electron chi connectivity index (χ4n) is 3.49. The molecule has 3 rings (SSSR count). The summed E-state index contributed by atoms with van der Waals surface area (Å²) in [6.45, 7) is 6.22. The average Bonchev–Trinajstić information content (AvgIpc) is 2.95. The Morgan fingerprint density at radius 3 is 2.16 bits per heavy atom. The zero-order chi connectivity index (χ0) is 32.2. The second kappa shape index (κ2) is 15.7. The fraction of sp³-hybridized carbons (Fsp3) is 0.276. The predicted octanol–water partition coefficient (Wildman–Crippen LogP) is 5.09. The van der Waals surface area contributed by atoms with E-state index >= 15 is 0 Å². The summed E-state index contributed by atoms with van der Waals surface area (Å²) in [5.41, 5.74) is 13.8. The Morgan fingerprint density at radius 2 is 1.63 bits per heavy atom. The number of rotatable bonds is 12. The van der Waals surface area contributed by atoms with Crippen LogP contribution >= 0.6 is 0 Å². The molecule has 0 bridgehead atoms. The van der Waals surface area contributed by atoms with Crippen LogP contribution in [0.5, 0.6) is 17.2 Å². The van der Waals surface area contributed by atoms with Gasteiger partial charge < -0.3 is 30.4 Å². The molecule has 0 fully saturated rings. The van der Waals surface area contributed by atoms with E-state index < -0.39 is 18.2 Å². The van der Waals surface area contributed by atoms with Crippen molar-refractivity contribution in [3.63, 3.8) is 0 Å². The van der Waals surface area contributed by atoms with Crippen molar-refractivity contribution >= 4 is 29.1 Å². The number of anilines is 2. The highest BCUT2D eigenvalue weighted by atomic mass is 19.4. The molecule has 0 aliphatic carbocycles. The summed E-state index contributed by atoms with van der Waals surface area (Å²) < 4.78 is 48.8. The monoisotopic (exact) mass is 605 g/mol. The third kappa shape index (κ3) is 10.6. The summed E-state index contributed by atoms with van der Waals surface area (Å²) in [5.74, 6) is -1.38. The lowest BCUT2D eigenvalue weighted by Crippen LogP contribution is -2.37. The van der Waals surface area contributed by atoms with Crippen LogP contribution in [0.25, 0.3) is 0 Å². The lowest BCUT2D eigenvalue weighted by atomic mass is 10.0. The van der Waals surface area contributed by atoms with E-state index in [-0.39, 0.29) is 17.8 Å². The number of nitrogens with one attached hydrogen (secondary N) is 4. The molecule has 3 aromatic carbocycles. The number of amidine groups is 1. The first-order chi connectivity index (χ1) is 20.3. The molecule has 1 amide bonds. The van der Waals surface area contributed by atoms with Crippen molar-refractivity contribution in [2.45, 2.75) is 39.1 Å². The van der Waals surface area contributed by atoms with Gasteiger partial charge in [0, 0.05) is 11.3 Å². The van der Waals surface area contributed by atoms with Crippen LogP contribution in [0.15, 0.2) is 66.7 Å². The third-order valence-electron chi connectivity index (χ3n) is 5.40. The Kier molecular flexibility index (Phi) is 12.5. The van der Waals surface area contributed by atoms with Crippen LogP contribution in [-0.4, -0.2) is 48.8 Å². The number of benzene rings is 3. The average molecular weight is 606 g/mol. The molecule has 0 aliphatic rings. The molecule has 0 radical (unpaired) electrons. The molecule has 1 unspecified atom stereocenters. The zero-order valence-corrected chi connectivity index (χ0v) is 23.9. The van der Waals surface area contributed by atoms with Gasteiger partial charge in [-0.3, -0.25) is 21.1 Å². The molecule has 3 aromatic rings. The first-order valence-corrected chi connectivity index (χ1v) is 12.9. The van der Waals surface area contributed by atoms with E-state index in [4.69, 9.17) is 35.3 Å². The van der Waals surface area contributed by atoms with Crippen LogP contribution < -0.4 is 36.1 Å². The third-order valence-corrected chi connectivity index (χ3v) is 5.40. The SMILES string of the molecule is CCOc1cc(C(Nc2ccc(C(=N)N)cc2)C(=O)NNc2ccccc2OC)ccc1OC(C)C.O=C(O)C(F)(F)F. The number of carbonyl (C=O) groups excluding carboxylic acids is 1. The Hall–Kier alpha value is -5.14. The van der Waals surface area contributed by atoms with Crippen molar-refractivity contribution in [3.8, 4) is 17.2 Å². The number of alkyl halides is 3. The molecule has 0 saturated heterocycles. The molecule has 43 heavy (non-hydrogen) atoms. The minimum Gasteiger partial charge on any atom is -0.495 e. The smallest absolute Gasteiger partial charge is 0.490 e. The first kappa shape index (κ1) is 34.1. The molecule has 14 heteroatoms. The minimum atomic E-state index is -5.08. The number of carboxylic acid groups (broad SMARTS) is 1. The molecule has 0 aromatic heterocycles. The highest BCUT2D eigenvalue weighted by Gasteiger charge is 2.38. The van der Waals surface area contributed by atoms with E-state index in [1.807, 2.05) is 39.0 Å². The normalized spacial score (nSPS) is 11.3.